The summed E-state index contributed by atoms with van der Waals surface area (Å²) in [6.45, 7) is 6.33. The third-order valence-electron chi connectivity index (χ3n) is 6.08. The van der Waals surface area contributed by atoms with Crippen LogP contribution in [0.5, 0.6) is 0 Å². The Labute approximate surface area is 200 Å². The Bertz CT molecular complexity index is 1070. The molecule has 1 aliphatic carbocycles. The summed E-state index contributed by atoms with van der Waals surface area (Å²) in [6, 6.07) is 16.3. The molecule has 0 spiro atoms. The van der Waals surface area contributed by atoms with Crippen molar-refractivity contribution in [3.63, 3.8) is 0 Å². The molecule has 0 atom stereocenters. The Hall–Kier alpha value is -2.86. The maximum Gasteiger partial charge on any atom is 0.283 e. The van der Waals surface area contributed by atoms with Gasteiger partial charge in [-0.2, -0.15) is 0 Å². The normalized spacial score (nSPS) is 17.8. The molecular formula is C27H31N3O2S. The lowest BCUT2D eigenvalue weighted by Gasteiger charge is -2.18. The van der Waals surface area contributed by atoms with Crippen LogP contribution >= 0.6 is 11.8 Å². The van der Waals surface area contributed by atoms with Crippen molar-refractivity contribution in [2.75, 3.05) is 10.7 Å². The Kier molecular flexibility index (Phi) is 7.33. The van der Waals surface area contributed by atoms with E-state index < -0.39 is 0 Å². The summed E-state index contributed by atoms with van der Waals surface area (Å²) in [4.78, 5) is 32.1. The lowest BCUT2D eigenvalue weighted by molar-refractivity contribution is -0.119. The minimum atomic E-state index is -0.175. The molecule has 1 heterocycles. The van der Waals surface area contributed by atoms with Gasteiger partial charge in [-0.1, -0.05) is 80.4 Å². The van der Waals surface area contributed by atoms with Gasteiger partial charge in [-0.3, -0.25) is 14.5 Å². The van der Waals surface area contributed by atoms with E-state index in [0.29, 0.717) is 16.8 Å². The van der Waals surface area contributed by atoms with Gasteiger partial charge >= 0.3 is 0 Å². The molecule has 2 aromatic rings. The van der Waals surface area contributed by atoms with Gasteiger partial charge in [-0.15, -0.1) is 0 Å². The highest BCUT2D eigenvalue weighted by atomic mass is 32.2. The SMILES string of the molecule is Cc1ccc(N2C(=O)C(=Cc3ccc(C(C)C)cc3)N=C2SCC(=O)NC2CCCC2)cc1. The number of anilines is 1. The molecule has 0 unspecified atom stereocenters. The number of carbonyl (C=O) groups is 2. The minimum Gasteiger partial charge on any atom is -0.353 e. The average Bonchev–Trinajstić information content (AvgIpc) is 3.41. The van der Waals surface area contributed by atoms with E-state index in [0.717, 1.165) is 29.7 Å². The van der Waals surface area contributed by atoms with Crippen LogP contribution in [0.1, 0.15) is 62.1 Å². The number of carbonyl (C=O) groups excluding carboxylic acids is 2. The van der Waals surface area contributed by atoms with Crippen LogP contribution in [0.3, 0.4) is 0 Å². The Morgan fingerprint density at radius 2 is 1.79 bits per heavy atom. The summed E-state index contributed by atoms with van der Waals surface area (Å²) in [5.41, 5.74) is 4.44. The second kappa shape index (κ2) is 10.4. The standard InChI is InChI=1S/C27H31N3O2S/c1-18(2)21-12-10-20(11-13-21)16-24-26(32)30(23-14-8-19(3)9-15-23)27(29-24)33-17-25(31)28-22-6-4-5-7-22/h8-16,18,22H,4-7,17H2,1-3H3,(H,28,31). The molecule has 6 heteroatoms. The first kappa shape index (κ1) is 23.3. The zero-order chi connectivity index (χ0) is 23.4. The van der Waals surface area contributed by atoms with Crippen molar-refractivity contribution in [3.05, 3.63) is 70.9 Å². The molecule has 1 N–H and O–H groups in total. The number of aryl methyl sites for hydroxylation is 1. The molecule has 0 aromatic heterocycles. The molecule has 1 fully saturated rings. The van der Waals surface area contributed by atoms with E-state index in [1.807, 2.05) is 49.4 Å². The summed E-state index contributed by atoms with van der Waals surface area (Å²) >= 11 is 1.31. The van der Waals surface area contributed by atoms with Gasteiger partial charge in [-0.05, 0) is 55.0 Å². The van der Waals surface area contributed by atoms with Gasteiger partial charge in [0.15, 0.2) is 5.17 Å². The van der Waals surface area contributed by atoms with Gasteiger partial charge in [0.25, 0.3) is 5.91 Å². The van der Waals surface area contributed by atoms with Crippen LogP contribution < -0.4 is 10.2 Å². The second-order valence-corrected chi connectivity index (χ2v) is 10.0. The molecular weight excluding hydrogens is 430 g/mol. The molecule has 2 aromatic carbocycles. The molecule has 1 saturated carbocycles. The van der Waals surface area contributed by atoms with Crippen molar-refractivity contribution in [2.45, 2.75) is 58.4 Å². The van der Waals surface area contributed by atoms with E-state index in [4.69, 9.17) is 0 Å². The summed E-state index contributed by atoms with van der Waals surface area (Å²) in [7, 11) is 0. The number of nitrogens with zero attached hydrogens (tertiary/aromatic N) is 2. The summed E-state index contributed by atoms with van der Waals surface area (Å²) in [5, 5.41) is 3.65. The van der Waals surface area contributed by atoms with Gasteiger partial charge in [0, 0.05) is 6.04 Å². The van der Waals surface area contributed by atoms with Crippen LogP contribution in [0.25, 0.3) is 6.08 Å². The summed E-state index contributed by atoms with van der Waals surface area (Å²) in [5.74, 6) is 0.507. The van der Waals surface area contributed by atoms with Gasteiger partial charge < -0.3 is 5.32 Å². The molecule has 2 aliphatic rings. The fourth-order valence-corrected chi connectivity index (χ4v) is 4.94. The molecule has 5 nitrogen and oxygen atoms in total. The fourth-order valence-electron chi connectivity index (χ4n) is 4.12. The summed E-state index contributed by atoms with van der Waals surface area (Å²) in [6.07, 6.45) is 6.26. The van der Waals surface area contributed by atoms with Crippen molar-refractivity contribution >= 4 is 40.5 Å². The number of thioether (sulfide) groups is 1. The number of nitrogens with one attached hydrogen (secondary N) is 1. The second-order valence-electron chi connectivity index (χ2n) is 9.06. The third kappa shape index (κ3) is 5.74. The first-order chi connectivity index (χ1) is 15.9. The van der Waals surface area contributed by atoms with Gasteiger partial charge in [0.1, 0.15) is 5.70 Å². The van der Waals surface area contributed by atoms with E-state index >= 15 is 0 Å². The third-order valence-corrected chi connectivity index (χ3v) is 7.02. The van der Waals surface area contributed by atoms with Crippen LogP contribution in [0.2, 0.25) is 0 Å². The molecule has 4 rings (SSSR count). The number of rotatable bonds is 6. The van der Waals surface area contributed by atoms with E-state index in [1.54, 1.807) is 4.90 Å². The monoisotopic (exact) mass is 461 g/mol. The first-order valence-corrected chi connectivity index (χ1v) is 12.6. The predicted molar refractivity (Wildman–Crippen MR) is 137 cm³/mol. The maximum absolute atomic E-state index is 13.3. The van der Waals surface area contributed by atoms with Crippen LogP contribution in [-0.4, -0.2) is 28.8 Å². The number of amides is 2. The topological polar surface area (TPSA) is 61.8 Å². The van der Waals surface area contributed by atoms with Gasteiger partial charge in [0.2, 0.25) is 5.91 Å². The molecule has 0 radical (unpaired) electrons. The number of aliphatic imine (C=N–C) groups is 1. The average molecular weight is 462 g/mol. The Morgan fingerprint density at radius 1 is 1.12 bits per heavy atom. The molecule has 1 aliphatic heterocycles. The van der Waals surface area contributed by atoms with Crippen molar-refractivity contribution in [1.29, 1.82) is 0 Å². The lowest BCUT2D eigenvalue weighted by Crippen LogP contribution is -2.35. The largest absolute Gasteiger partial charge is 0.353 e. The first-order valence-electron chi connectivity index (χ1n) is 11.6. The van der Waals surface area contributed by atoms with E-state index in [1.165, 1.54) is 30.2 Å². The molecule has 172 valence electrons. The maximum atomic E-state index is 13.3. The number of amidine groups is 1. The number of hydrogen-bond donors (Lipinski definition) is 1. The number of benzene rings is 2. The quantitative estimate of drug-likeness (QED) is 0.565. The number of hydrogen-bond acceptors (Lipinski definition) is 4. The van der Waals surface area contributed by atoms with Crippen molar-refractivity contribution in [1.82, 2.24) is 5.32 Å². The lowest BCUT2D eigenvalue weighted by atomic mass is 10.0. The smallest absolute Gasteiger partial charge is 0.283 e. The Balaban J connectivity index is 1.55. The molecule has 0 saturated heterocycles. The van der Waals surface area contributed by atoms with Crippen molar-refractivity contribution in [3.8, 4) is 0 Å². The van der Waals surface area contributed by atoms with Crippen molar-refractivity contribution in [2.24, 2.45) is 4.99 Å². The molecule has 2 amide bonds. The van der Waals surface area contributed by atoms with Gasteiger partial charge in [-0.25, -0.2) is 4.99 Å². The fraction of sp³-hybridized carbons (Fsp3) is 0.370. The van der Waals surface area contributed by atoms with Crippen LogP contribution in [-0.2, 0) is 9.59 Å². The van der Waals surface area contributed by atoms with E-state index in [2.05, 4.69) is 36.3 Å². The van der Waals surface area contributed by atoms with Gasteiger partial charge in [0.05, 0.1) is 11.4 Å². The summed E-state index contributed by atoms with van der Waals surface area (Å²) < 4.78 is 0. The van der Waals surface area contributed by atoms with E-state index in [-0.39, 0.29) is 23.6 Å². The molecule has 33 heavy (non-hydrogen) atoms. The predicted octanol–water partition coefficient (Wildman–Crippen LogP) is 5.65. The minimum absolute atomic E-state index is 0.00684. The van der Waals surface area contributed by atoms with E-state index in [9.17, 15) is 9.59 Å². The zero-order valence-corrected chi connectivity index (χ0v) is 20.3. The molecule has 0 bridgehead atoms. The highest BCUT2D eigenvalue weighted by Gasteiger charge is 2.32. The highest BCUT2D eigenvalue weighted by molar-refractivity contribution is 8.14. The van der Waals surface area contributed by atoms with Crippen LogP contribution in [0.15, 0.2) is 59.2 Å². The van der Waals surface area contributed by atoms with Crippen LogP contribution in [0, 0.1) is 6.92 Å². The highest BCUT2D eigenvalue weighted by Crippen LogP contribution is 2.30. The zero-order valence-electron chi connectivity index (χ0n) is 19.5. The van der Waals surface area contributed by atoms with Crippen molar-refractivity contribution < 1.29 is 9.59 Å². The Morgan fingerprint density at radius 3 is 2.42 bits per heavy atom. The van der Waals surface area contributed by atoms with Crippen LogP contribution in [0.4, 0.5) is 5.69 Å².